The van der Waals surface area contributed by atoms with Crippen LogP contribution in [0.2, 0.25) is 0 Å². The first-order valence-electron chi connectivity index (χ1n) is 7.44. The van der Waals surface area contributed by atoms with E-state index in [1.165, 1.54) is 26.1 Å². The van der Waals surface area contributed by atoms with E-state index in [1.807, 2.05) is 5.32 Å². The van der Waals surface area contributed by atoms with Crippen LogP contribution in [0.1, 0.15) is 31.1 Å². The van der Waals surface area contributed by atoms with Crippen LogP contribution in [0, 0.1) is 10.1 Å². The standard InChI is InChI=1S/C15H20N4O6/c1-8(2)17-15(22)18-13(20)9(3)25-14(21)11-7-10(19(23)24)5-6-12(11)16-4/h5-9,16H,1-4H3,(H2,17,18,20,22)/t9-/m1/s1. The molecule has 0 heterocycles. The van der Waals surface area contributed by atoms with Crippen LogP contribution in [-0.2, 0) is 9.53 Å². The number of carbonyl (C=O) groups excluding carboxylic acids is 3. The van der Waals surface area contributed by atoms with Crippen LogP contribution in [0.5, 0.6) is 0 Å². The van der Waals surface area contributed by atoms with Gasteiger partial charge in [0.2, 0.25) is 0 Å². The minimum atomic E-state index is -1.27. The molecule has 0 aromatic heterocycles. The second-order valence-electron chi connectivity index (χ2n) is 5.40. The predicted molar refractivity (Wildman–Crippen MR) is 89.3 cm³/mol. The lowest BCUT2D eigenvalue weighted by Crippen LogP contribution is -2.46. The summed E-state index contributed by atoms with van der Waals surface area (Å²) in [5, 5.41) is 18.0. The quantitative estimate of drug-likeness (QED) is 0.399. The molecule has 1 aromatic rings. The number of esters is 1. The van der Waals surface area contributed by atoms with E-state index < -0.39 is 28.9 Å². The van der Waals surface area contributed by atoms with E-state index in [0.29, 0.717) is 5.69 Å². The fourth-order valence-electron chi connectivity index (χ4n) is 1.82. The molecule has 1 rings (SSSR count). The fourth-order valence-corrected chi connectivity index (χ4v) is 1.82. The summed E-state index contributed by atoms with van der Waals surface area (Å²) in [4.78, 5) is 45.7. The number of nitro groups is 1. The highest BCUT2D eigenvalue weighted by molar-refractivity contribution is 6.00. The number of anilines is 1. The number of hydrogen-bond acceptors (Lipinski definition) is 7. The van der Waals surface area contributed by atoms with Crippen molar-refractivity contribution in [2.45, 2.75) is 32.9 Å². The number of carbonyl (C=O) groups is 3. The molecule has 3 N–H and O–H groups in total. The molecule has 0 unspecified atom stereocenters. The van der Waals surface area contributed by atoms with Crippen molar-refractivity contribution < 1.29 is 24.0 Å². The molecule has 0 fully saturated rings. The van der Waals surface area contributed by atoms with Crippen LogP contribution in [0.3, 0.4) is 0 Å². The number of urea groups is 1. The van der Waals surface area contributed by atoms with Crippen LogP contribution in [0.15, 0.2) is 18.2 Å². The lowest BCUT2D eigenvalue weighted by atomic mass is 10.1. The van der Waals surface area contributed by atoms with Gasteiger partial charge in [-0.15, -0.1) is 0 Å². The van der Waals surface area contributed by atoms with Gasteiger partial charge in [-0.3, -0.25) is 20.2 Å². The van der Waals surface area contributed by atoms with Crippen LogP contribution in [-0.4, -0.2) is 42.0 Å². The Morgan fingerprint density at radius 2 is 1.84 bits per heavy atom. The number of ether oxygens (including phenoxy) is 1. The van der Waals surface area contributed by atoms with Gasteiger partial charge in [-0.25, -0.2) is 9.59 Å². The van der Waals surface area contributed by atoms with E-state index in [0.717, 1.165) is 6.07 Å². The number of nitrogens with zero attached hydrogens (tertiary/aromatic N) is 1. The van der Waals surface area contributed by atoms with Crippen molar-refractivity contribution in [3.05, 3.63) is 33.9 Å². The maximum absolute atomic E-state index is 12.2. The van der Waals surface area contributed by atoms with Crippen molar-refractivity contribution in [1.29, 1.82) is 0 Å². The highest BCUT2D eigenvalue weighted by atomic mass is 16.6. The van der Waals surface area contributed by atoms with E-state index in [4.69, 9.17) is 4.74 Å². The molecule has 0 saturated carbocycles. The van der Waals surface area contributed by atoms with Crippen LogP contribution >= 0.6 is 0 Å². The molecule has 1 aromatic carbocycles. The average Bonchev–Trinajstić information content (AvgIpc) is 2.52. The number of nitro benzene ring substituents is 1. The summed E-state index contributed by atoms with van der Waals surface area (Å²) in [6.07, 6.45) is -1.27. The van der Waals surface area contributed by atoms with Crippen molar-refractivity contribution in [2.24, 2.45) is 0 Å². The number of rotatable bonds is 6. The first-order valence-corrected chi connectivity index (χ1v) is 7.44. The van der Waals surface area contributed by atoms with Gasteiger partial charge in [0.1, 0.15) is 0 Å². The molecule has 0 aliphatic heterocycles. The number of hydrogen-bond donors (Lipinski definition) is 3. The highest BCUT2D eigenvalue weighted by Gasteiger charge is 2.24. The molecule has 25 heavy (non-hydrogen) atoms. The van der Waals surface area contributed by atoms with E-state index in [9.17, 15) is 24.5 Å². The highest BCUT2D eigenvalue weighted by Crippen LogP contribution is 2.23. The maximum Gasteiger partial charge on any atom is 0.341 e. The van der Waals surface area contributed by atoms with Gasteiger partial charge in [-0.1, -0.05) is 0 Å². The van der Waals surface area contributed by atoms with E-state index >= 15 is 0 Å². The van der Waals surface area contributed by atoms with Crippen molar-refractivity contribution in [3.63, 3.8) is 0 Å². The Bertz CT molecular complexity index is 689. The van der Waals surface area contributed by atoms with Crippen LogP contribution in [0.4, 0.5) is 16.2 Å². The molecular formula is C15H20N4O6. The average molecular weight is 352 g/mol. The third-order valence-electron chi connectivity index (χ3n) is 3.01. The molecule has 0 bridgehead atoms. The second kappa shape index (κ2) is 8.62. The van der Waals surface area contributed by atoms with Crippen molar-refractivity contribution in [3.8, 4) is 0 Å². The third kappa shape index (κ3) is 5.75. The summed E-state index contributed by atoms with van der Waals surface area (Å²) in [7, 11) is 1.53. The molecule has 0 radical (unpaired) electrons. The topological polar surface area (TPSA) is 140 Å². The number of non-ortho nitro benzene ring substituents is 1. The number of benzene rings is 1. The molecule has 3 amide bonds. The van der Waals surface area contributed by atoms with Crippen molar-refractivity contribution >= 4 is 29.3 Å². The Morgan fingerprint density at radius 1 is 1.20 bits per heavy atom. The van der Waals surface area contributed by atoms with Gasteiger partial charge in [0, 0.05) is 30.9 Å². The number of imide groups is 1. The molecule has 0 aliphatic carbocycles. The second-order valence-corrected chi connectivity index (χ2v) is 5.40. The monoisotopic (exact) mass is 352 g/mol. The first-order chi connectivity index (χ1) is 11.6. The van der Waals surface area contributed by atoms with Gasteiger partial charge >= 0.3 is 12.0 Å². The SMILES string of the molecule is CNc1ccc([N+](=O)[O-])cc1C(=O)O[C@H](C)C(=O)NC(=O)NC(C)C. The molecule has 10 nitrogen and oxygen atoms in total. The Balaban J connectivity index is 2.84. The summed E-state index contributed by atoms with van der Waals surface area (Å²) in [5.41, 5.74) is -0.0805. The minimum absolute atomic E-state index is 0.0945. The largest absolute Gasteiger partial charge is 0.449 e. The summed E-state index contributed by atoms with van der Waals surface area (Å²) in [6, 6.07) is 2.75. The lowest BCUT2D eigenvalue weighted by Gasteiger charge is -2.15. The zero-order valence-electron chi connectivity index (χ0n) is 14.3. The third-order valence-corrected chi connectivity index (χ3v) is 3.01. The van der Waals surface area contributed by atoms with Gasteiger partial charge in [0.05, 0.1) is 10.5 Å². The Labute approximate surface area is 144 Å². The van der Waals surface area contributed by atoms with Crippen LogP contribution < -0.4 is 16.0 Å². The lowest BCUT2D eigenvalue weighted by molar-refractivity contribution is -0.384. The summed E-state index contributed by atoms with van der Waals surface area (Å²) >= 11 is 0. The first kappa shape index (κ1) is 19.9. The molecule has 0 spiro atoms. The summed E-state index contributed by atoms with van der Waals surface area (Å²) < 4.78 is 4.99. The molecule has 136 valence electrons. The van der Waals surface area contributed by atoms with E-state index in [1.54, 1.807) is 13.8 Å². The molecule has 10 heteroatoms. The van der Waals surface area contributed by atoms with Crippen molar-refractivity contribution in [1.82, 2.24) is 10.6 Å². The Hall–Kier alpha value is -3.17. The minimum Gasteiger partial charge on any atom is -0.449 e. The predicted octanol–water partition coefficient (Wildman–Crippen LogP) is 1.42. The summed E-state index contributed by atoms with van der Waals surface area (Å²) in [6.45, 7) is 4.72. The molecular weight excluding hydrogens is 332 g/mol. The van der Waals surface area contributed by atoms with Gasteiger partial charge in [0.25, 0.3) is 11.6 Å². The molecule has 0 aliphatic rings. The zero-order valence-corrected chi connectivity index (χ0v) is 14.3. The molecule has 1 atom stereocenters. The van der Waals surface area contributed by atoms with Crippen molar-refractivity contribution in [2.75, 3.05) is 12.4 Å². The van der Waals surface area contributed by atoms with E-state index in [2.05, 4.69) is 10.6 Å². The smallest absolute Gasteiger partial charge is 0.341 e. The number of amides is 3. The van der Waals surface area contributed by atoms with Crippen LogP contribution in [0.25, 0.3) is 0 Å². The van der Waals surface area contributed by atoms with Gasteiger partial charge in [0.15, 0.2) is 6.10 Å². The fraction of sp³-hybridized carbons (Fsp3) is 0.400. The van der Waals surface area contributed by atoms with Gasteiger partial charge in [-0.05, 0) is 26.8 Å². The van der Waals surface area contributed by atoms with Gasteiger partial charge < -0.3 is 15.4 Å². The Morgan fingerprint density at radius 3 is 2.36 bits per heavy atom. The zero-order chi connectivity index (χ0) is 19.1. The van der Waals surface area contributed by atoms with Gasteiger partial charge in [-0.2, -0.15) is 0 Å². The maximum atomic E-state index is 12.2. The molecule has 0 saturated heterocycles. The number of nitrogens with one attached hydrogen (secondary N) is 3. The normalized spacial score (nSPS) is 11.4. The van der Waals surface area contributed by atoms with E-state index in [-0.39, 0.29) is 17.3 Å². The Kier molecular flexibility index (Phi) is 6.85. The summed E-state index contributed by atoms with van der Waals surface area (Å²) in [5.74, 6) is -1.75.